The van der Waals surface area contributed by atoms with Gasteiger partial charge < -0.3 is 10.5 Å². The zero-order chi connectivity index (χ0) is 13.9. The van der Waals surface area contributed by atoms with E-state index >= 15 is 0 Å². The molecule has 2 unspecified atom stereocenters. The van der Waals surface area contributed by atoms with Crippen molar-refractivity contribution in [3.63, 3.8) is 0 Å². The Balaban J connectivity index is 1.60. The molecule has 110 valence electrons. The second-order valence-corrected chi connectivity index (χ2v) is 5.93. The molecule has 1 aromatic rings. The average Bonchev–Trinajstić information content (AvgIpc) is 2.98. The van der Waals surface area contributed by atoms with Gasteiger partial charge in [0.05, 0.1) is 13.2 Å². The second-order valence-electron chi connectivity index (χ2n) is 5.93. The fourth-order valence-corrected chi connectivity index (χ4v) is 3.35. The monoisotopic (exact) mass is 275 g/mol. The number of likely N-dealkylation sites (tertiary alicyclic amines) is 1. The van der Waals surface area contributed by atoms with E-state index in [1.54, 1.807) is 0 Å². The van der Waals surface area contributed by atoms with Gasteiger partial charge in [-0.25, -0.2) is 0 Å². The van der Waals surface area contributed by atoms with Crippen molar-refractivity contribution in [3.8, 4) is 0 Å². The summed E-state index contributed by atoms with van der Waals surface area (Å²) in [6.45, 7) is 8.63. The lowest BCUT2D eigenvalue weighted by Gasteiger charge is -2.33. The summed E-state index contributed by atoms with van der Waals surface area (Å²) >= 11 is 0. The Kier molecular flexibility index (Phi) is 4.24. The number of hydrogen-bond donors (Lipinski definition) is 1. The lowest BCUT2D eigenvalue weighted by Crippen LogP contribution is -2.44. The number of benzene rings is 1. The molecule has 2 heterocycles. The van der Waals surface area contributed by atoms with Gasteiger partial charge in [-0.05, 0) is 31.0 Å². The van der Waals surface area contributed by atoms with Gasteiger partial charge >= 0.3 is 0 Å². The molecule has 0 aliphatic carbocycles. The summed E-state index contributed by atoms with van der Waals surface area (Å²) in [4.78, 5) is 5.19. The Morgan fingerprint density at radius 2 is 1.85 bits per heavy atom. The van der Waals surface area contributed by atoms with Crippen molar-refractivity contribution >= 4 is 5.69 Å². The molecule has 0 amide bonds. The highest BCUT2D eigenvalue weighted by molar-refractivity contribution is 5.40. The Hall–Kier alpha value is -1.10. The molecule has 2 saturated heterocycles. The van der Waals surface area contributed by atoms with Crippen molar-refractivity contribution in [1.29, 1.82) is 0 Å². The van der Waals surface area contributed by atoms with Crippen molar-refractivity contribution in [3.05, 3.63) is 29.8 Å². The molecule has 0 bridgehead atoms. The van der Waals surface area contributed by atoms with Crippen LogP contribution in [0.2, 0.25) is 0 Å². The highest BCUT2D eigenvalue weighted by atomic mass is 16.5. The van der Waals surface area contributed by atoms with E-state index in [-0.39, 0.29) is 0 Å². The molecule has 0 radical (unpaired) electrons. The number of nitrogen functional groups attached to an aromatic ring is 1. The number of ether oxygens (including phenoxy) is 1. The van der Waals surface area contributed by atoms with Crippen LogP contribution in [-0.4, -0.2) is 55.2 Å². The van der Waals surface area contributed by atoms with Crippen LogP contribution in [0.25, 0.3) is 0 Å². The third kappa shape index (κ3) is 2.97. The molecule has 0 aromatic heterocycles. The Bertz CT molecular complexity index is 428. The maximum Gasteiger partial charge on any atom is 0.0594 e. The van der Waals surface area contributed by atoms with Crippen molar-refractivity contribution in [2.24, 2.45) is 0 Å². The van der Waals surface area contributed by atoms with Crippen LogP contribution in [-0.2, 0) is 4.74 Å². The molecule has 1 aromatic carbocycles. The van der Waals surface area contributed by atoms with Gasteiger partial charge in [-0.3, -0.25) is 9.80 Å². The number of morpholine rings is 1. The minimum Gasteiger partial charge on any atom is -0.399 e. The van der Waals surface area contributed by atoms with Gasteiger partial charge in [-0.1, -0.05) is 12.1 Å². The van der Waals surface area contributed by atoms with Gasteiger partial charge in [-0.2, -0.15) is 0 Å². The summed E-state index contributed by atoms with van der Waals surface area (Å²) in [5.74, 6) is 0. The third-order valence-electron chi connectivity index (χ3n) is 4.72. The van der Waals surface area contributed by atoms with Crippen LogP contribution in [0.15, 0.2) is 24.3 Å². The van der Waals surface area contributed by atoms with E-state index in [4.69, 9.17) is 10.5 Å². The number of nitrogens with two attached hydrogens (primary N) is 1. The first kappa shape index (κ1) is 13.9. The molecule has 4 heteroatoms. The maximum atomic E-state index is 5.77. The van der Waals surface area contributed by atoms with Crippen LogP contribution in [0.1, 0.15) is 24.9 Å². The van der Waals surface area contributed by atoms with Crippen LogP contribution in [0.3, 0.4) is 0 Å². The Morgan fingerprint density at radius 1 is 1.15 bits per heavy atom. The smallest absolute Gasteiger partial charge is 0.0594 e. The predicted octanol–water partition coefficient (Wildman–Crippen LogP) is 1.74. The lowest BCUT2D eigenvalue weighted by atomic mass is 10.1. The number of rotatable bonds is 3. The number of hydrogen-bond acceptors (Lipinski definition) is 4. The van der Waals surface area contributed by atoms with E-state index in [2.05, 4.69) is 28.9 Å². The van der Waals surface area contributed by atoms with Gasteiger partial charge in [0.15, 0.2) is 0 Å². The average molecular weight is 275 g/mol. The molecule has 0 saturated carbocycles. The van der Waals surface area contributed by atoms with E-state index in [0.717, 1.165) is 32.0 Å². The van der Waals surface area contributed by atoms with Crippen LogP contribution < -0.4 is 5.73 Å². The summed E-state index contributed by atoms with van der Waals surface area (Å²) in [5.41, 5.74) is 7.97. The molecule has 2 fully saturated rings. The maximum absolute atomic E-state index is 5.77. The molecular weight excluding hydrogens is 250 g/mol. The standard InChI is InChI=1S/C16H25N3O/c1-13(14-2-4-15(17)5-3-14)19-7-6-16(12-19)18-8-10-20-11-9-18/h2-5,13,16H,6-12,17H2,1H3. The molecule has 2 aliphatic rings. The Labute approximate surface area is 121 Å². The lowest BCUT2D eigenvalue weighted by molar-refractivity contribution is 0.0177. The fourth-order valence-electron chi connectivity index (χ4n) is 3.35. The molecular formula is C16H25N3O. The minimum absolute atomic E-state index is 0.474. The van der Waals surface area contributed by atoms with Crippen LogP contribution in [0.4, 0.5) is 5.69 Å². The van der Waals surface area contributed by atoms with Crippen molar-refractivity contribution in [2.75, 3.05) is 45.1 Å². The van der Waals surface area contributed by atoms with Crippen molar-refractivity contribution < 1.29 is 4.74 Å². The highest BCUT2D eigenvalue weighted by Crippen LogP contribution is 2.27. The first-order valence-corrected chi connectivity index (χ1v) is 7.65. The first-order valence-electron chi connectivity index (χ1n) is 7.65. The zero-order valence-corrected chi connectivity index (χ0v) is 12.3. The minimum atomic E-state index is 0.474. The molecule has 0 spiro atoms. The molecule has 4 nitrogen and oxygen atoms in total. The normalized spacial score (nSPS) is 26.8. The van der Waals surface area contributed by atoms with Crippen LogP contribution >= 0.6 is 0 Å². The van der Waals surface area contributed by atoms with Gasteiger partial charge in [0.2, 0.25) is 0 Å². The van der Waals surface area contributed by atoms with Crippen LogP contribution in [0, 0.1) is 0 Å². The topological polar surface area (TPSA) is 41.7 Å². The molecule has 3 rings (SSSR count). The van der Waals surface area contributed by atoms with Gasteiger partial charge in [0.1, 0.15) is 0 Å². The zero-order valence-electron chi connectivity index (χ0n) is 12.3. The summed E-state index contributed by atoms with van der Waals surface area (Å²) in [6, 6.07) is 9.49. The first-order chi connectivity index (χ1) is 9.74. The van der Waals surface area contributed by atoms with Gasteiger partial charge in [-0.15, -0.1) is 0 Å². The SMILES string of the molecule is CC(c1ccc(N)cc1)N1CCC(N2CCOCC2)C1. The predicted molar refractivity (Wildman–Crippen MR) is 81.6 cm³/mol. The summed E-state index contributed by atoms with van der Waals surface area (Å²) in [5, 5.41) is 0. The van der Waals surface area contributed by atoms with E-state index in [1.165, 1.54) is 25.1 Å². The summed E-state index contributed by atoms with van der Waals surface area (Å²) in [6.07, 6.45) is 1.28. The van der Waals surface area contributed by atoms with Crippen molar-refractivity contribution in [1.82, 2.24) is 9.80 Å². The largest absolute Gasteiger partial charge is 0.399 e. The van der Waals surface area contributed by atoms with Crippen molar-refractivity contribution in [2.45, 2.75) is 25.4 Å². The number of anilines is 1. The highest BCUT2D eigenvalue weighted by Gasteiger charge is 2.31. The number of nitrogens with zero attached hydrogens (tertiary/aromatic N) is 2. The van der Waals surface area contributed by atoms with Gasteiger partial charge in [0, 0.05) is 44.0 Å². The van der Waals surface area contributed by atoms with Gasteiger partial charge in [0.25, 0.3) is 0 Å². The van der Waals surface area contributed by atoms with E-state index in [1.807, 2.05) is 12.1 Å². The quantitative estimate of drug-likeness (QED) is 0.853. The fraction of sp³-hybridized carbons (Fsp3) is 0.625. The molecule has 20 heavy (non-hydrogen) atoms. The summed E-state index contributed by atoms with van der Waals surface area (Å²) in [7, 11) is 0. The molecule has 2 aliphatic heterocycles. The van der Waals surface area contributed by atoms with E-state index in [0.29, 0.717) is 12.1 Å². The molecule has 2 N–H and O–H groups in total. The summed E-state index contributed by atoms with van der Waals surface area (Å²) < 4.78 is 5.45. The van der Waals surface area contributed by atoms with Crippen LogP contribution in [0.5, 0.6) is 0 Å². The van der Waals surface area contributed by atoms with E-state index in [9.17, 15) is 0 Å². The second kappa shape index (κ2) is 6.12. The third-order valence-corrected chi connectivity index (χ3v) is 4.72. The Morgan fingerprint density at radius 3 is 2.55 bits per heavy atom. The molecule has 2 atom stereocenters. The van der Waals surface area contributed by atoms with E-state index < -0.39 is 0 Å².